The van der Waals surface area contributed by atoms with Gasteiger partial charge in [0.15, 0.2) is 5.78 Å². The lowest BCUT2D eigenvalue weighted by molar-refractivity contribution is 0.0695. The molecule has 23 heavy (non-hydrogen) atoms. The SMILES string of the molecule is Cc1ncc(C(=O)O)cc1CC(=O)c1cnn2cc(Br)ccc12. The Bertz CT molecular complexity index is 933. The number of carbonyl (C=O) groups excluding carboxylic acids is 1. The Morgan fingerprint density at radius 3 is 2.83 bits per heavy atom. The molecular weight excluding hydrogens is 362 g/mol. The Labute approximate surface area is 139 Å². The fourth-order valence-electron chi connectivity index (χ4n) is 2.32. The highest BCUT2D eigenvalue weighted by molar-refractivity contribution is 9.10. The quantitative estimate of drug-likeness (QED) is 0.710. The maximum Gasteiger partial charge on any atom is 0.337 e. The number of fused-ring (bicyclic) bond motifs is 1. The predicted octanol–water partition coefficient (Wildman–Crippen LogP) is 2.92. The number of carbonyl (C=O) groups is 2. The van der Waals surface area contributed by atoms with E-state index in [0.29, 0.717) is 22.3 Å². The van der Waals surface area contributed by atoms with E-state index in [1.165, 1.54) is 18.5 Å². The molecule has 0 aliphatic carbocycles. The van der Waals surface area contributed by atoms with Gasteiger partial charge in [-0.25, -0.2) is 9.31 Å². The number of pyridine rings is 2. The minimum Gasteiger partial charge on any atom is -0.478 e. The Balaban J connectivity index is 1.95. The van der Waals surface area contributed by atoms with E-state index in [4.69, 9.17) is 5.11 Å². The van der Waals surface area contributed by atoms with Crippen molar-refractivity contribution >= 4 is 33.2 Å². The minimum atomic E-state index is -1.06. The van der Waals surface area contributed by atoms with E-state index in [2.05, 4.69) is 26.0 Å². The molecule has 0 atom stereocenters. The topological polar surface area (TPSA) is 84.6 Å². The van der Waals surface area contributed by atoms with Gasteiger partial charge in [-0.15, -0.1) is 0 Å². The van der Waals surface area contributed by atoms with Crippen LogP contribution in [-0.4, -0.2) is 31.5 Å². The average molecular weight is 374 g/mol. The summed E-state index contributed by atoms with van der Waals surface area (Å²) in [7, 11) is 0. The Morgan fingerprint density at radius 1 is 1.30 bits per heavy atom. The van der Waals surface area contributed by atoms with E-state index in [0.717, 1.165) is 4.47 Å². The number of Topliss-reactive ketones (excluding diaryl/α,β-unsaturated/α-hetero) is 1. The second-order valence-corrected chi connectivity index (χ2v) is 6.02. The number of halogens is 1. The number of hydrogen-bond acceptors (Lipinski definition) is 4. The van der Waals surface area contributed by atoms with Gasteiger partial charge in [0.05, 0.1) is 22.8 Å². The molecule has 0 unspecified atom stereocenters. The van der Waals surface area contributed by atoms with Crippen molar-refractivity contribution in [2.45, 2.75) is 13.3 Å². The monoisotopic (exact) mass is 373 g/mol. The minimum absolute atomic E-state index is 0.0715. The highest BCUT2D eigenvalue weighted by atomic mass is 79.9. The summed E-state index contributed by atoms with van der Waals surface area (Å²) in [6.45, 7) is 1.75. The molecule has 3 aromatic heterocycles. The molecule has 7 heteroatoms. The van der Waals surface area contributed by atoms with Crippen molar-refractivity contribution in [2.75, 3.05) is 0 Å². The van der Waals surface area contributed by atoms with E-state index < -0.39 is 5.97 Å². The molecule has 0 bridgehead atoms. The molecule has 3 rings (SSSR count). The summed E-state index contributed by atoms with van der Waals surface area (Å²) >= 11 is 3.35. The largest absolute Gasteiger partial charge is 0.478 e. The third kappa shape index (κ3) is 3.00. The molecule has 0 radical (unpaired) electrons. The maximum atomic E-state index is 12.6. The van der Waals surface area contributed by atoms with Crippen LogP contribution < -0.4 is 0 Å². The van der Waals surface area contributed by atoms with Gasteiger partial charge < -0.3 is 5.11 Å². The third-order valence-corrected chi connectivity index (χ3v) is 4.04. The summed E-state index contributed by atoms with van der Waals surface area (Å²) in [4.78, 5) is 27.7. The zero-order valence-corrected chi connectivity index (χ0v) is 13.7. The summed E-state index contributed by atoms with van der Waals surface area (Å²) in [5.41, 5.74) is 2.52. The summed E-state index contributed by atoms with van der Waals surface area (Å²) in [5, 5.41) is 13.2. The molecule has 1 N–H and O–H groups in total. The van der Waals surface area contributed by atoms with Crippen molar-refractivity contribution in [3.63, 3.8) is 0 Å². The molecule has 0 fully saturated rings. The van der Waals surface area contributed by atoms with Gasteiger partial charge in [-0.1, -0.05) is 0 Å². The smallest absolute Gasteiger partial charge is 0.337 e. The highest BCUT2D eigenvalue weighted by Gasteiger charge is 2.16. The number of hydrogen-bond donors (Lipinski definition) is 1. The third-order valence-electron chi connectivity index (χ3n) is 3.57. The van der Waals surface area contributed by atoms with Crippen molar-refractivity contribution < 1.29 is 14.7 Å². The van der Waals surface area contributed by atoms with Crippen LogP contribution in [0.1, 0.15) is 32.0 Å². The van der Waals surface area contributed by atoms with Crippen LogP contribution in [0.4, 0.5) is 0 Å². The van der Waals surface area contributed by atoms with Crippen molar-refractivity contribution in [3.05, 3.63) is 63.6 Å². The second kappa shape index (κ2) is 5.92. The first-order valence-corrected chi connectivity index (χ1v) is 7.60. The lowest BCUT2D eigenvalue weighted by Gasteiger charge is -2.05. The molecule has 0 aromatic carbocycles. The van der Waals surface area contributed by atoms with E-state index in [1.807, 2.05) is 12.1 Å². The van der Waals surface area contributed by atoms with Crippen LogP contribution in [0.2, 0.25) is 0 Å². The fourth-order valence-corrected chi connectivity index (χ4v) is 2.64. The van der Waals surface area contributed by atoms with Gasteiger partial charge in [0.2, 0.25) is 0 Å². The van der Waals surface area contributed by atoms with Gasteiger partial charge in [0, 0.05) is 29.0 Å². The van der Waals surface area contributed by atoms with Crippen LogP contribution in [0.3, 0.4) is 0 Å². The molecule has 0 saturated heterocycles. The van der Waals surface area contributed by atoms with E-state index in [1.54, 1.807) is 17.6 Å². The first kappa shape index (κ1) is 15.4. The van der Waals surface area contributed by atoms with Crippen molar-refractivity contribution in [3.8, 4) is 0 Å². The van der Waals surface area contributed by atoms with Gasteiger partial charge in [-0.2, -0.15) is 5.10 Å². The Morgan fingerprint density at radius 2 is 2.09 bits per heavy atom. The van der Waals surface area contributed by atoms with Crippen molar-refractivity contribution in [2.24, 2.45) is 0 Å². The molecule has 0 aliphatic heterocycles. The van der Waals surface area contributed by atoms with Gasteiger partial charge in [0.1, 0.15) is 0 Å². The van der Waals surface area contributed by atoms with Crippen LogP contribution in [0.5, 0.6) is 0 Å². The number of carboxylic acid groups (broad SMARTS) is 1. The number of aromatic nitrogens is 3. The molecular formula is C16H12BrN3O3. The fraction of sp³-hybridized carbons (Fsp3) is 0.125. The molecule has 0 spiro atoms. The highest BCUT2D eigenvalue weighted by Crippen LogP contribution is 2.18. The van der Waals surface area contributed by atoms with Crippen molar-refractivity contribution in [1.82, 2.24) is 14.6 Å². The number of rotatable bonds is 4. The number of carboxylic acids is 1. The summed E-state index contributed by atoms with van der Waals surface area (Å²) in [6.07, 6.45) is 4.66. The molecule has 0 aliphatic rings. The molecule has 3 heterocycles. The number of ketones is 1. The van der Waals surface area contributed by atoms with Crippen LogP contribution in [0, 0.1) is 6.92 Å². The lowest BCUT2D eigenvalue weighted by Crippen LogP contribution is -2.08. The van der Waals surface area contributed by atoms with Gasteiger partial charge in [0.25, 0.3) is 0 Å². The predicted molar refractivity (Wildman–Crippen MR) is 86.9 cm³/mol. The molecule has 116 valence electrons. The van der Waals surface area contributed by atoms with Crippen LogP contribution in [0.15, 0.2) is 41.3 Å². The molecule has 0 amide bonds. The van der Waals surface area contributed by atoms with Gasteiger partial charge in [-0.05, 0) is 46.6 Å². The van der Waals surface area contributed by atoms with Crippen LogP contribution in [0.25, 0.3) is 5.52 Å². The Hall–Kier alpha value is -2.54. The first-order valence-electron chi connectivity index (χ1n) is 6.80. The standard InChI is InChI=1S/C16H12BrN3O3/c1-9-10(4-11(6-18-9)16(22)23)5-15(21)13-7-19-20-8-12(17)2-3-14(13)20/h2-4,6-8H,5H2,1H3,(H,22,23). The van der Waals surface area contributed by atoms with Gasteiger partial charge >= 0.3 is 5.97 Å². The number of aromatic carboxylic acids is 1. The molecule has 6 nitrogen and oxygen atoms in total. The Kier molecular flexibility index (Phi) is 3.96. The average Bonchev–Trinajstić information content (AvgIpc) is 2.92. The number of aryl methyl sites for hydroxylation is 1. The molecule has 3 aromatic rings. The van der Waals surface area contributed by atoms with Gasteiger partial charge in [-0.3, -0.25) is 9.78 Å². The van der Waals surface area contributed by atoms with E-state index >= 15 is 0 Å². The van der Waals surface area contributed by atoms with Crippen molar-refractivity contribution in [1.29, 1.82) is 0 Å². The summed E-state index contributed by atoms with van der Waals surface area (Å²) in [5.74, 6) is -1.19. The normalized spacial score (nSPS) is 10.9. The van der Waals surface area contributed by atoms with Crippen LogP contribution in [-0.2, 0) is 6.42 Å². The molecule has 0 saturated carbocycles. The second-order valence-electron chi connectivity index (χ2n) is 5.11. The van der Waals surface area contributed by atoms with Crippen LogP contribution >= 0.6 is 15.9 Å². The zero-order chi connectivity index (χ0) is 16.6. The van der Waals surface area contributed by atoms with E-state index in [-0.39, 0.29) is 17.8 Å². The zero-order valence-electron chi connectivity index (χ0n) is 12.2. The maximum absolute atomic E-state index is 12.6. The van der Waals surface area contributed by atoms with E-state index in [9.17, 15) is 9.59 Å². The number of nitrogens with zero attached hydrogens (tertiary/aromatic N) is 3. The summed E-state index contributed by atoms with van der Waals surface area (Å²) in [6, 6.07) is 5.14. The summed E-state index contributed by atoms with van der Waals surface area (Å²) < 4.78 is 2.48. The lowest BCUT2D eigenvalue weighted by atomic mass is 10.0. The first-order chi connectivity index (χ1) is 11.0.